The van der Waals surface area contributed by atoms with Gasteiger partial charge in [-0.1, -0.05) is 0 Å². The summed E-state index contributed by atoms with van der Waals surface area (Å²) in [5, 5.41) is 4.48. The largest absolute Gasteiger partial charge is 0.341 e. The second kappa shape index (κ2) is 4.71. The number of hydrogen-bond donors (Lipinski definition) is 2. The number of amides is 3. The van der Waals surface area contributed by atoms with Gasteiger partial charge in [0, 0.05) is 7.05 Å². The van der Waals surface area contributed by atoms with Crippen molar-refractivity contribution in [2.24, 2.45) is 0 Å². The lowest BCUT2D eigenvalue weighted by molar-refractivity contribution is -0.123. The van der Waals surface area contributed by atoms with Crippen LogP contribution < -0.4 is 10.6 Å². The minimum Gasteiger partial charge on any atom is -0.341 e. The molecule has 0 aromatic carbocycles. The molecule has 0 aromatic rings. The third-order valence-electron chi connectivity index (χ3n) is 1.62. The first kappa shape index (κ1) is 10.9. The molecule has 0 spiro atoms. The second-order valence-corrected chi connectivity index (χ2v) is 2.71. The maximum atomic E-state index is 11.1. The van der Waals surface area contributed by atoms with Crippen molar-refractivity contribution in [1.29, 1.82) is 0 Å². The predicted molar refractivity (Wildman–Crippen MR) is 45.7 cm³/mol. The molecule has 1 unspecified atom stereocenters. The zero-order valence-corrected chi connectivity index (χ0v) is 7.84. The first-order valence-electron chi connectivity index (χ1n) is 3.68. The Balaban J connectivity index is 3.96. The van der Waals surface area contributed by atoms with Crippen molar-refractivity contribution in [3.63, 3.8) is 0 Å². The lowest BCUT2D eigenvalue weighted by Gasteiger charge is -2.17. The maximum Gasteiger partial charge on any atom is 0.321 e. The van der Waals surface area contributed by atoms with Gasteiger partial charge in [0.1, 0.15) is 0 Å². The highest BCUT2D eigenvalue weighted by atomic mass is 16.2. The number of nitrogens with zero attached hydrogens (tertiary/aromatic N) is 1. The van der Waals surface area contributed by atoms with Crippen LogP contribution in [0.5, 0.6) is 0 Å². The Morgan fingerprint density at radius 2 is 1.83 bits per heavy atom. The lowest BCUT2D eigenvalue weighted by Crippen LogP contribution is -2.46. The van der Waals surface area contributed by atoms with Gasteiger partial charge in [0.25, 0.3) is 0 Å². The van der Waals surface area contributed by atoms with Gasteiger partial charge in [0.05, 0.1) is 6.04 Å². The Bertz CT molecular complexity index is 179. The quantitative estimate of drug-likeness (QED) is 0.585. The summed E-state index contributed by atoms with van der Waals surface area (Å²) in [6.07, 6.45) is 0. The molecule has 0 saturated carbocycles. The van der Waals surface area contributed by atoms with Gasteiger partial charge in [-0.2, -0.15) is 0 Å². The molecule has 12 heavy (non-hydrogen) atoms. The van der Waals surface area contributed by atoms with Crippen molar-refractivity contribution in [2.45, 2.75) is 13.0 Å². The Morgan fingerprint density at radius 3 is 2.17 bits per heavy atom. The molecule has 0 aromatic heterocycles. The molecule has 0 fully saturated rings. The Kier molecular flexibility index (Phi) is 4.28. The summed E-state index contributed by atoms with van der Waals surface area (Å²) in [4.78, 5) is 23.5. The summed E-state index contributed by atoms with van der Waals surface area (Å²) in [5.74, 6) is -0.306. The number of nitrogens with one attached hydrogen (secondary N) is 2. The van der Waals surface area contributed by atoms with Crippen LogP contribution in [0.1, 0.15) is 6.92 Å². The van der Waals surface area contributed by atoms with E-state index in [1.807, 2.05) is 0 Å². The average molecular weight is 173 g/mol. The van der Waals surface area contributed by atoms with Crippen LogP contribution in [0.25, 0.3) is 0 Å². The summed E-state index contributed by atoms with van der Waals surface area (Å²) in [6, 6.07) is -0.781. The first-order valence-corrected chi connectivity index (χ1v) is 3.68. The molecule has 2 N–H and O–H groups in total. The van der Waals surface area contributed by atoms with E-state index in [-0.39, 0.29) is 11.9 Å². The third kappa shape index (κ3) is 3.34. The zero-order valence-electron chi connectivity index (χ0n) is 7.84. The molecule has 0 rings (SSSR count). The van der Waals surface area contributed by atoms with Crippen LogP contribution in [0, 0.1) is 0 Å². The summed E-state index contributed by atoms with van der Waals surface area (Å²) < 4.78 is 0. The van der Waals surface area contributed by atoms with Gasteiger partial charge in [-0.25, -0.2) is 4.79 Å². The molecule has 1 atom stereocenters. The number of rotatable bonds is 2. The fourth-order valence-corrected chi connectivity index (χ4v) is 0.513. The maximum absolute atomic E-state index is 11.1. The predicted octanol–water partition coefficient (Wildman–Crippen LogP) is -0.608. The van der Waals surface area contributed by atoms with Crippen molar-refractivity contribution < 1.29 is 9.59 Å². The molecule has 5 nitrogen and oxygen atoms in total. The number of hydrogen-bond acceptors (Lipinski definition) is 3. The third-order valence-corrected chi connectivity index (χ3v) is 1.62. The van der Waals surface area contributed by atoms with Crippen molar-refractivity contribution in [3.05, 3.63) is 0 Å². The number of imide groups is 1. The molecule has 0 heterocycles. The molecule has 0 aliphatic rings. The van der Waals surface area contributed by atoms with Gasteiger partial charge in [-0.05, 0) is 21.0 Å². The Hall–Kier alpha value is -1.10. The van der Waals surface area contributed by atoms with E-state index in [0.717, 1.165) is 0 Å². The fourth-order valence-electron chi connectivity index (χ4n) is 0.513. The SMILES string of the molecule is CNC(=O)NC(=O)C(C)N(C)C. The van der Waals surface area contributed by atoms with Crippen molar-refractivity contribution in [2.75, 3.05) is 21.1 Å². The van der Waals surface area contributed by atoms with E-state index in [4.69, 9.17) is 0 Å². The van der Waals surface area contributed by atoms with Gasteiger partial charge in [0.15, 0.2) is 0 Å². The molecule has 0 saturated heterocycles. The van der Waals surface area contributed by atoms with Gasteiger partial charge in [0.2, 0.25) is 5.91 Å². The molecular weight excluding hydrogens is 158 g/mol. The topological polar surface area (TPSA) is 61.4 Å². The normalized spacial score (nSPS) is 12.4. The second-order valence-electron chi connectivity index (χ2n) is 2.71. The molecule has 0 aliphatic carbocycles. The highest BCUT2D eigenvalue weighted by Crippen LogP contribution is 1.89. The lowest BCUT2D eigenvalue weighted by atomic mass is 10.3. The van der Waals surface area contributed by atoms with E-state index in [1.54, 1.807) is 25.9 Å². The van der Waals surface area contributed by atoms with Crippen LogP contribution in [0.15, 0.2) is 0 Å². The number of carbonyl (C=O) groups is 2. The average Bonchev–Trinajstić information content (AvgIpc) is 2.02. The minimum atomic E-state index is -0.478. The van der Waals surface area contributed by atoms with Gasteiger partial charge >= 0.3 is 6.03 Å². The molecule has 70 valence electrons. The van der Waals surface area contributed by atoms with E-state index in [9.17, 15) is 9.59 Å². The van der Waals surface area contributed by atoms with Crippen LogP contribution in [0.3, 0.4) is 0 Å². The molecule has 0 aliphatic heterocycles. The van der Waals surface area contributed by atoms with Crippen molar-refractivity contribution >= 4 is 11.9 Å². The molecule has 0 radical (unpaired) electrons. The van der Waals surface area contributed by atoms with Gasteiger partial charge < -0.3 is 5.32 Å². The number of likely N-dealkylation sites (N-methyl/N-ethyl adjacent to an activating group) is 1. The monoisotopic (exact) mass is 173 g/mol. The van der Waals surface area contributed by atoms with E-state index >= 15 is 0 Å². The van der Waals surface area contributed by atoms with Crippen LogP contribution in [-0.4, -0.2) is 44.0 Å². The highest BCUT2D eigenvalue weighted by Gasteiger charge is 2.16. The van der Waals surface area contributed by atoms with E-state index < -0.39 is 6.03 Å². The van der Waals surface area contributed by atoms with Gasteiger partial charge in [-0.15, -0.1) is 0 Å². The van der Waals surface area contributed by atoms with Crippen LogP contribution >= 0.6 is 0 Å². The summed E-state index contributed by atoms with van der Waals surface area (Å²) >= 11 is 0. The molecule has 0 bridgehead atoms. The van der Waals surface area contributed by atoms with Crippen LogP contribution in [0.2, 0.25) is 0 Å². The zero-order chi connectivity index (χ0) is 9.72. The van der Waals surface area contributed by atoms with E-state index in [1.165, 1.54) is 7.05 Å². The van der Waals surface area contributed by atoms with Gasteiger partial charge in [-0.3, -0.25) is 15.0 Å². The number of carbonyl (C=O) groups excluding carboxylic acids is 2. The number of urea groups is 1. The van der Waals surface area contributed by atoms with Crippen molar-refractivity contribution in [3.8, 4) is 0 Å². The van der Waals surface area contributed by atoms with Crippen molar-refractivity contribution in [1.82, 2.24) is 15.5 Å². The van der Waals surface area contributed by atoms with E-state index in [0.29, 0.717) is 0 Å². The highest BCUT2D eigenvalue weighted by molar-refractivity contribution is 5.96. The smallest absolute Gasteiger partial charge is 0.321 e. The summed E-state index contributed by atoms with van der Waals surface area (Å²) in [7, 11) is 5.01. The van der Waals surface area contributed by atoms with E-state index in [2.05, 4.69) is 10.6 Å². The first-order chi connectivity index (χ1) is 5.49. The Morgan fingerprint density at radius 1 is 1.33 bits per heavy atom. The Labute approximate surface area is 72.1 Å². The fraction of sp³-hybridized carbons (Fsp3) is 0.714. The summed E-state index contributed by atoms with van der Waals surface area (Å²) in [6.45, 7) is 1.72. The minimum absolute atomic E-state index is 0.303. The standard InChI is InChI=1S/C7H15N3O2/c1-5(10(3)4)6(11)9-7(12)8-2/h5H,1-4H3,(H2,8,9,11,12). The van der Waals surface area contributed by atoms with Crippen LogP contribution in [-0.2, 0) is 4.79 Å². The molecule has 3 amide bonds. The van der Waals surface area contributed by atoms with Crippen LogP contribution in [0.4, 0.5) is 4.79 Å². The molecule has 5 heteroatoms. The molecular formula is C7H15N3O2. The summed E-state index contributed by atoms with van der Waals surface area (Å²) in [5.41, 5.74) is 0.